The Balaban J connectivity index is 0.000000470. The molecular formula is C27H24F3N7O3. The summed E-state index contributed by atoms with van der Waals surface area (Å²) >= 11 is 0. The monoisotopic (exact) mass is 551 g/mol. The summed E-state index contributed by atoms with van der Waals surface area (Å²) in [7, 11) is 0. The highest BCUT2D eigenvalue weighted by molar-refractivity contribution is 5.98. The second kappa shape index (κ2) is 11.2. The molecule has 13 heteroatoms. The van der Waals surface area contributed by atoms with E-state index >= 15 is 0 Å². The molecule has 10 nitrogen and oxygen atoms in total. The average Bonchev–Trinajstić information content (AvgIpc) is 3.58. The fourth-order valence-corrected chi connectivity index (χ4v) is 4.48. The summed E-state index contributed by atoms with van der Waals surface area (Å²) in [6.45, 7) is 0. The van der Waals surface area contributed by atoms with Crippen LogP contribution in [-0.2, 0) is 11.2 Å². The molecule has 2 aromatic carbocycles. The Bertz CT molecular complexity index is 1800. The molecule has 0 saturated heterocycles. The largest absolute Gasteiger partial charge is 0.490 e. The highest BCUT2D eigenvalue weighted by Gasteiger charge is 2.38. The lowest BCUT2D eigenvalue weighted by Crippen LogP contribution is -2.21. The van der Waals surface area contributed by atoms with Gasteiger partial charge >= 0.3 is 17.8 Å². The number of halogens is 3. The lowest BCUT2D eigenvalue weighted by molar-refractivity contribution is -0.192. The Kier molecular flexibility index (Phi) is 7.81. The number of unbranched alkanes of at least 4 members (excludes halogenated alkanes) is 1. The number of nitrogens with zero attached hydrogens (tertiary/aromatic N) is 2. The number of amidine groups is 1. The maximum absolute atomic E-state index is 13.1. The number of imidazole rings is 1. The Morgan fingerprint density at radius 2 is 1.68 bits per heavy atom. The molecule has 0 aliphatic rings. The number of H-pyrrole nitrogens is 3. The van der Waals surface area contributed by atoms with Gasteiger partial charge in [-0.3, -0.25) is 5.41 Å². The molecular weight excluding hydrogens is 527 g/mol. The zero-order valence-electron chi connectivity index (χ0n) is 20.9. The van der Waals surface area contributed by atoms with Gasteiger partial charge in [0.05, 0.1) is 17.2 Å². The molecule has 0 amide bonds. The van der Waals surface area contributed by atoms with Gasteiger partial charge in [-0.1, -0.05) is 36.4 Å². The second-order valence-corrected chi connectivity index (χ2v) is 8.88. The number of carboxylic acid groups (broad SMARTS) is 1. The summed E-state index contributed by atoms with van der Waals surface area (Å²) in [5, 5.41) is 26.5. The lowest BCUT2D eigenvalue weighted by Gasteiger charge is -2.06. The molecule has 5 aromatic rings. The topological polar surface area (TPSA) is 180 Å². The van der Waals surface area contributed by atoms with Crippen molar-refractivity contribution < 1.29 is 23.1 Å². The molecule has 3 heterocycles. The molecule has 0 spiro atoms. The van der Waals surface area contributed by atoms with Crippen LogP contribution in [0.25, 0.3) is 38.8 Å². The minimum atomic E-state index is -5.08. The van der Waals surface area contributed by atoms with Crippen molar-refractivity contribution in [1.29, 1.82) is 10.7 Å². The molecule has 5 rings (SSSR count). The normalized spacial score (nSPS) is 11.2. The fraction of sp³-hybridized carbons (Fsp3) is 0.185. The molecule has 0 saturated carbocycles. The molecule has 3 aromatic heterocycles. The SMILES string of the molecule is N#Cc1c(-c2c(CCCCC(=N)N)[nH]c3ccccc23)[nH]c(=O)n1-c1c[nH]c2ccccc12.O=C(O)C(F)(F)F. The number of aliphatic carboxylic acids is 1. The van der Waals surface area contributed by atoms with E-state index in [0.29, 0.717) is 24.2 Å². The highest BCUT2D eigenvalue weighted by Crippen LogP contribution is 2.35. The number of carbonyl (C=O) groups is 1. The van der Waals surface area contributed by atoms with Gasteiger partial charge in [0.2, 0.25) is 0 Å². The van der Waals surface area contributed by atoms with Gasteiger partial charge in [-0.15, -0.1) is 0 Å². The fourth-order valence-electron chi connectivity index (χ4n) is 4.48. The van der Waals surface area contributed by atoms with Gasteiger partial charge in [0.25, 0.3) is 0 Å². The number of aromatic nitrogens is 4. The quantitative estimate of drug-likeness (QED) is 0.0949. The number of fused-ring (bicyclic) bond motifs is 2. The van der Waals surface area contributed by atoms with Gasteiger partial charge in [-0.05, 0) is 31.4 Å². The molecule has 0 fully saturated rings. The maximum Gasteiger partial charge on any atom is 0.490 e. The van der Waals surface area contributed by atoms with Crippen LogP contribution < -0.4 is 11.4 Å². The van der Waals surface area contributed by atoms with E-state index in [-0.39, 0.29) is 17.2 Å². The first kappa shape index (κ1) is 27.8. The van der Waals surface area contributed by atoms with Crippen molar-refractivity contribution in [3.05, 3.63) is 76.6 Å². The van der Waals surface area contributed by atoms with Crippen LogP contribution >= 0.6 is 0 Å². The first-order valence-electron chi connectivity index (χ1n) is 12.1. The third-order valence-corrected chi connectivity index (χ3v) is 6.21. The number of benzene rings is 2. The highest BCUT2D eigenvalue weighted by atomic mass is 19.4. The third-order valence-electron chi connectivity index (χ3n) is 6.21. The summed E-state index contributed by atoms with van der Waals surface area (Å²) in [5.41, 5.74) is 10.2. The number of hydrogen-bond acceptors (Lipinski definition) is 4. The van der Waals surface area contributed by atoms with E-state index in [1.165, 1.54) is 4.57 Å². The number of aromatic amines is 3. The van der Waals surface area contributed by atoms with Crippen LogP contribution in [0.4, 0.5) is 13.2 Å². The molecule has 0 bridgehead atoms. The Labute approximate surface area is 224 Å². The number of hydrogen-bond donors (Lipinski definition) is 6. The van der Waals surface area contributed by atoms with Gasteiger partial charge in [0.15, 0.2) is 5.69 Å². The van der Waals surface area contributed by atoms with E-state index in [9.17, 15) is 23.2 Å². The first-order chi connectivity index (χ1) is 19.0. The van der Waals surface area contributed by atoms with Crippen LogP contribution in [0.15, 0.2) is 59.5 Å². The number of nitrogens with one attached hydrogen (secondary N) is 4. The van der Waals surface area contributed by atoms with Crippen molar-refractivity contribution in [2.75, 3.05) is 0 Å². The van der Waals surface area contributed by atoms with Crippen molar-refractivity contribution in [2.45, 2.75) is 31.9 Å². The van der Waals surface area contributed by atoms with Crippen LogP contribution in [0, 0.1) is 16.7 Å². The number of aryl methyl sites for hydroxylation is 1. The van der Waals surface area contributed by atoms with E-state index in [4.69, 9.17) is 21.0 Å². The molecule has 7 N–H and O–H groups in total. The van der Waals surface area contributed by atoms with Gasteiger partial charge in [0.1, 0.15) is 6.07 Å². The van der Waals surface area contributed by atoms with Gasteiger partial charge in [-0.2, -0.15) is 18.4 Å². The second-order valence-electron chi connectivity index (χ2n) is 8.88. The van der Waals surface area contributed by atoms with Crippen LogP contribution in [0.3, 0.4) is 0 Å². The summed E-state index contributed by atoms with van der Waals surface area (Å²) in [5.74, 6) is -2.58. The minimum absolute atomic E-state index is 0.179. The maximum atomic E-state index is 13.1. The Hall–Kier alpha value is -5.25. The number of para-hydroxylation sites is 2. The van der Waals surface area contributed by atoms with Crippen molar-refractivity contribution in [3.8, 4) is 23.0 Å². The standard InChI is InChI=1S/C25H23N7O.C2HF3O2/c26-13-20-24(31-25(33)32(20)21-14-29-17-9-3-1-7-15(17)21)23-16-8-2-4-10-18(16)30-19(23)11-5-6-12-22(27)28;3-2(4,5)1(6)7/h1-4,7-10,14,29-30H,5-6,11-12H2,(H3,27,28)(H,31,33);(H,6,7). The van der Waals surface area contributed by atoms with Crippen LogP contribution in [-0.4, -0.2) is 42.6 Å². The number of alkyl halides is 3. The van der Waals surface area contributed by atoms with Crippen LogP contribution in [0.2, 0.25) is 0 Å². The first-order valence-corrected chi connectivity index (χ1v) is 12.1. The van der Waals surface area contributed by atoms with Crippen molar-refractivity contribution in [2.24, 2.45) is 5.73 Å². The van der Waals surface area contributed by atoms with E-state index in [0.717, 1.165) is 45.9 Å². The molecule has 0 aliphatic heterocycles. The number of nitriles is 1. The number of nitrogens with two attached hydrogens (primary N) is 1. The molecule has 0 atom stereocenters. The molecule has 206 valence electrons. The van der Waals surface area contributed by atoms with E-state index < -0.39 is 12.1 Å². The lowest BCUT2D eigenvalue weighted by atomic mass is 10.0. The summed E-state index contributed by atoms with van der Waals surface area (Å²) in [6.07, 6.45) is -0.450. The molecule has 40 heavy (non-hydrogen) atoms. The van der Waals surface area contributed by atoms with Crippen molar-refractivity contribution in [1.82, 2.24) is 19.5 Å². The zero-order valence-corrected chi connectivity index (χ0v) is 20.9. The summed E-state index contributed by atoms with van der Waals surface area (Å²) < 4.78 is 33.2. The summed E-state index contributed by atoms with van der Waals surface area (Å²) in [4.78, 5) is 31.6. The average molecular weight is 552 g/mol. The smallest absolute Gasteiger partial charge is 0.475 e. The third kappa shape index (κ3) is 5.60. The van der Waals surface area contributed by atoms with Gasteiger partial charge in [-0.25, -0.2) is 14.2 Å². The number of carboxylic acids is 1. The molecule has 0 unspecified atom stereocenters. The molecule has 0 aliphatic carbocycles. The minimum Gasteiger partial charge on any atom is -0.475 e. The zero-order chi connectivity index (χ0) is 29.0. The molecule has 0 radical (unpaired) electrons. The van der Waals surface area contributed by atoms with Gasteiger partial charge in [0, 0.05) is 45.7 Å². The Morgan fingerprint density at radius 3 is 2.30 bits per heavy atom. The predicted molar refractivity (Wildman–Crippen MR) is 143 cm³/mol. The van der Waals surface area contributed by atoms with Gasteiger partial charge < -0.3 is 25.8 Å². The van der Waals surface area contributed by atoms with E-state index in [2.05, 4.69) is 21.0 Å². The summed E-state index contributed by atoms with van der Waals surface area (Å²) in [6, 6.07) is 17.8. The van der Waals surface area contributed by atoms with Crippen molar-refractivity contribution in [3.63, 3.8) is 0 Å². The van der Waals surface area contributed by atoms with Crippen LogP contribution in [0.5, 0.6) is 0 Å². The van der Waals surface area contributed by atoms with E-state index in [1.54, 1.807) is 6.20 Å². The number of rotatable bonds is 7. The Morgan fingerprint density at radius 1 is 1.05 bits per heavy atom. The van der Waals surface area contributed by atoms with E-state index in [1.807, 2.05) is 48.5 Å². The van der Waals surface area contributed by atoms with Crippen LogP contribution in [0.1, 0.15) is 30.7 Å². The van der Waals surface area contributed by atoms with Crippen molar-refractivity contribution >= 4 is 33.6 Å². The predicted octanol–water partition coefficient (Wildman–Crippen LogP) is 4.95.